The van der Waals surface area contributed by atoms with Gasteiger partial charge in [-0.3, -0.25) is 9.59 Å². The molecule has 1 aliphatic heterocycles. The highest BCUT2D eigenvalue weighted by Crippen LogP contribution is 2.16. The van der Waals surface area contributed by atoms with Crippen LogP contribution in [-0.4, -0.2) is 50.0 Å². The predicted molar refractivity (Wildman–Crippen MR) is 71.1 cm³/mol. The van der Waals surface area contributed by atoms with Crippen LogP contribution in [0, 0.1) is 0 Å². The fourth-order valence-electron chi connectivity index (χ4n) is 1.89. The number of anilines is 1. The molecule has 2 rings (SSSR count). The van der Waals surface area contributed by atoms with Crippen molar-refractivity contribution in [3.63, 3.8) is 0 Å². The number of rotatable bonds is 4. The summed E-state index contributed by atoms with van der Waals surface area (Å²) in [7, 11) is 1.57. The summed E-state index contributed by atoms with van der Waals surface area (Å²) in [4.78, 5) is 25.0. The molecule has 0 bridgehead atoms. The van der Waals surface area contributed by atoms with Gasteiger partial charge in [-0.25, -0.2) is 0 Å². The monoisotopic (exact) mass is 263 g/mol. The van der Waals surface area contributed by atoms with Crippen molar-refractivity contribution in [3.05, 3.63) is 24.3 Å². The number of benzene rings is 1. The van der Waals surface area contributed by atoms with E-state index in [1.807, 2.05) is 0 Å². The van der Waals surface area contributed by atoms with Gasteiger partial charge in [0.15, 0.2) is 0 Å². The molecule has 0 aromatic heterocycles. The van der Waals surface area contributed by atoms with Crippen LogP contribution in [0.1, 0.15) is 0 Å². The van der Waals surface area contributed by atoms with E-state index in [2.05, 4.69) is 10.6 Å². The van der Waals surface area contributed by atoms with Gasteiger partial charge in [-0.2, -0.15) is 0 Å². The SMILES string of the molecule is COc1cccc(NC(=O)CN2CCNCC2=O)c1. The average Bonchev–Trinajstić information content (AvgIpc) is 2.41. The van der Waals surface area contributed by atoms with Gasteiger partial charge in [0.1, 0.15) is 5.75 Å². The Bertz CT molecular complexity index is 476. The number of amides is 2. The van der Waals surface area contributed by atoms with Crippen molar-refractivity contribution < 1.29 is 14.3 Å². The van der Waals surface area contributed by atoms with Crippen LogP contribution < -0.4 is 15.4 Å². The maximum Gasteiger partial charge on any atom is 0.243 e. The largest absolute Gasteiger partial charge is 0.497 e. The fraction of sp³-hybridized carbons (Fsp3) is 0.385. The lowest BCUT2D eigenvalue weighted by atomic mass is 10.3. The number of methoxy groups -OCH3 is 1. The van der Waals surface area contributed by atoms with Crippen LogP contribution in [0.4, 0.5) is 5.69 Å². The molecule has 6 heteroatoms. The van der Waals surface area contributed by atoms with E-state index in [-0.39, 0.29) is 18.4 Å². The van der Waals surface area contributed by atoms with Gasteiger partial charge in [0, 0.05) is 24.8 Å². The smallest absolute Gasteiger partial charge is 0.243 e. The molecule has 1 saturated heterocycles. The standard InChI is InChI=1S/C13H17N3O3/c1-19-11-4-2-3-10(7-11)15-12(17)9-16-6-5-14-8-13(16)18/h2-4,7,14H,5-6,8-9H2,1H3,(H,15,17). The Labute approximate surface area is 111 Å². The molecule has 2 N–H and O–H groups in total. The molecule has 1 heterocycles. The van der Waals surface area contributed by atoms with Gasteiger partial charge in [0.25, 0.3) is 0 Å². The normalized spacial score (nSPS) is 15.2. The van der Waals surface area contributed by atoms with E-state index in [9.17, 15) is 9.59 Å². The summed E-state index contributed by atoms with van der Waals surface area (Å²) in [6.45, 7) is 1.66. The second kappa shape index (κ2) is 6.19. The number of ether oxygens (including phenoxy) is 1. The van der Waals surface area contributed by atoms with Gasteiger partial charge in [-0.15, -0.1) is 0 Å². The Kier molecular flexibility index (Phi) is 4.35. The number of piperazine rings is 1. The molecule has 0 radical (unpaired) electrons. The van der Waals surface area contributed by atoms with Crippen LogP contribution in [0.15, 0.2) is 24.3 Å². The lowest BCUT2D eigenvalue weighted by Crippen LogP contribution is -2.50. The summed E-state index contributed by atoms with van der Waals surface area (Å²) < 4.78 is 5.08. The third kappa shape index (κ3) is 3.69. The minimum absolute atomic E-state index is 0.0490. The molecule has 1 aliphatic rings. The van der Waals surface area contributed by atoms with E-state index in [0.29, 0.717) is 24.5 Å². The second-order valence-electron chi connectivity index (χ2n) is 4.27. The molecule has 2 amide bonds. The Morgan fingerprint density at radius 2 is 2.37 bits per heavy atom. The maximum atomic E-state index is 11.9. The summed E-state index contributed by atoms with van der Waals surface area (Å²) in [6, 6.07) is 7.11. The maximum absolute atomic E-state index is 11.9. The van der Waals surface area contributed by atoms with Gasteiger partial charge in [-0.1, -0.05) is 6.07 Å². The third-order valence-corrected chi connectivity index (χ3v) is 2.88. The molecule has 0 atom stereocenters. The van der Waals surface area contributed by atoms with E-state index in [1.165, 1.54) is 0 Å². The van der Waals surface area contributed by atoms with Gasteiger partial charge in [0.2, 0.25) is 11.8 Å². The van der Waals surface area contributed by atoms with Crippen molar-refractivity contribution in [3.8, 4) is 5.75 Å². The van der Waals surface area contributed by atoms with E-state index in [0.717, 1.165) is 6.54 Å². The molecule has 1 aromatic rings. The highest BCUT2D eigenvalue weighted by atomic mass is 16.5. The summed E-state index contributed by atoms with van der Waals surface area (Å²) in [5.41, 5.74) is 0.659. The third-order valence-electron chi connectivity index (χ3n) is 2.88. The van der Waals surface area contributed by atoms with Crippen molar-refractivity contribution in [2.75, 3.05) is 38.6 Å². The van der Waals surface area contributed by atoms with Crippen molar-refractivity contribution in [2.45, 2.75) is 0 Å². The van der Waals surface area contributed by atoms with Crippen LogP contribution in [0.5, 0.6) is 5.75 Å². The van der Waals surface area contributed by atoms with Gasteiger partial charge >= 0.3 is 0 Å². The van der Waals surface area contributed by atoms with Crippen molar-refractivity contribution >= 4 is 17.5 Å². The van der Waals surface area contributed by atoms with Crippen molar-refractivity contribution in [1.82, 2.24) is 10.2 Å². The number of nitrogens with zero attached hydrogens (tertiary/aromatic N) is 1. The molecule has 0 unspecified atom stereocenters. The molecule has 6 nitrogen and oxygen atoms in total. The highest BCUT2D eigenvalue weighted by molar-refractivity contribution is 5.95. The van der Waals surface area contributed by atoms with Crippen molar-refractivity contribution in [2.24, 2.45) is 0 Å². The molecular formula is C13H17N3O3. The first-order chi connectivity index (χ1) is 9.19. The zero-order chi connectivity index (χ0) is 13.7. The Morgan fingerprint density at radius 3 is 3.11 bits per heavy atom. The van der Waals surface area contributed by atoms with Crippen LogP contribution in [0.3, 0.4) is 0 Å². The molecular weight excluding hydrogens is 246 g/mol. The Balaban J connectivity index is 1.91. The molecule has 0 spiro atoms. The molecule has 102 valence electrons. The van der Waals surface area contributed by atoms with Gasteiger partial charge < -0.3 is 20.3 Å². The zero-order valence-corrected chi connectivity index (χ0v) is 10.8. The van der Waals surface area contributed by atoms with Crippen LogP contribution in [0.25, 0.3) is 0 Å². The number of nitrogens with one attached hydrogen (secondary N) is 2. The highest BCUT2D eigenvalue weighted by Gasteiger charge is 2.19. The lowest BCUT2D eigenvalue weighted by Gasteiger charge is -2.26. The number of carbonyl (C=O) groups excluding carboxylic acids is 2. The Morgan fingerprint density at radius 1 is 1.53 bits per heavy atom. The quantitative estimate of drug-likeness (QED) is 0.806. The van der Waals surface area contributed by atoms with Crippen molar-refractivity contribution in [1.29, 1.82) is 0 Å². The fourth-order valence-corrected chi connectivity index (χ4v) is 1.89. The minimum atomic E-state index is -0.205. The van der Waals surface area contributed by atoms with E-state index in [4.69, 9.17) is 4.74 Å². The summed E-state index contributed by atoms with van der Waals surface area (Å²) >= 11 is 0. The summed E-state index contributed by atoms with van der Waals surface area (Å²) in [6.07, 6.45) is 0. The predicted octanol–water partition coefficient (Wildman–Crippen LogP) is 0.0655. The van der Waals surface area contributed by atoms with Crippen LogP contribution >= 0.6 is 0 Å². The topological polar surface area (TPSA) is 70.7 Å². The Hall–Kier alpha value is -2.08. The number of hydrogen-bond acceptors (Lipinski definition) is 4. The second-order valence-corrected chi connectivity index (χ2v) is 4.27. The number of hydrogen-bond donors (Lipinski definition) is 2. The minimum Gasteiger partial charge on any atom is -0.497 e. The summed E-state index contributed by atoms with van der Waals surface area (Å²) in [5.74, 6) is 0.423. The van der Waals surface area contributed by atoms with Gasteiger partial charge in [0.05, 0.1) is 20.2 Å². The molecule has 19 heavy (non-hydrogen) atoms. The number of carbonyl (C=O) groups is 2. The van der Waals surface area contributed by atoms with E-state index in [1.54, 1.807) is 36.3 Å². The summed E-state index contributed by atoms with van der Waals surface area (Å²) in [5, 5.41) is 5.71. The molecule has 0 saturated carbocycles. The van der Waals surface area contributed by atoms with Crippen LogP contribution in [0.2, 0.25) is 0 Å². The molecule has 1 aromatic carbocycles. The first-order valence-corrected chi connectivity index (χ1v) is 6.11. The van der Waals surface area contributed by atoms with E-state index >= 15 is 0 Å². The van der Waals surface area contributed by atoms with Gasteiger partial charge in [-0.05, 0) is 12.1 Å². The molecule has 0 aliphatic carbocycles. The lowest BCUT2D eigenvalue weighted by molar-refractivity contribution is -0.135. The average molecular weight is 263 g/mol. The molecule has 1 fully saturated rings. The first-order valence-electron chi connectivity index (χ1n) is 6.11. The zero-order valence-electron chi connectivity index (χ0n) is 10.8. The first kappa shape index (κ1) is 13.4. The van der Waals surface area contributed by atoms with E-state index < -0.39 is 0 Å². The van der Waals surface area contributed by atoms with Crippen LogP contribution in [-0.2, 0) is 9.59 Å².